The average molecular weight is 519 g/mol. The van der Waals surface area contributed by atoms with Gasteiger partial charge in [-0.15, -0.1) is 0 Å². The first-order chi connectivity index (χ1) is 18.9. The largest absolute Gasteiger partial charge is 0.478 e. The zero-order valence-corrected chi connectivity index (χ0v) is 21.1. The van der Waals surface area contributed by atoms with Gasteiger partial charge in [0.25, 0.3) is 0 Å². The first-order valence-electron chi connectivity index (χ1n) is 12.1. The summed E-state index contributed by atoms with van der Waals surface area (Å²) in [5.41, 5.74) is 3.73. The Morgan fingerprint density at radius 2 is 1.13 bits per heavy atom. The topological polar surface area (TPSA) is 109 Å². The summed E-state index contributed by atoms with van der Waals surface area (Å²) in [4.78, 5) is 36.6. The van der Waals surface area contributed by atoms with Crippen LogP contribution in [0.15, 0.2) is 122 Å². The molecule has 7 heteroatoms. The lowest BCUT2D eigenvalue weighted by Gasteiger charge is -2.37. The lowest BCUT2D eigenvalue weighted by molar-refractivity contribution is 0.0696. The van der Waals surface area contributed by atoms with Crippen molar-refractivity contribution >= 4 is 18.2 Å². The molecule has 1 aromatic heterocycles. The van der Waals surface area contributed by atoms with E-state index < -0.39 is 17.5 Å². The Kier molecular flexibility index (Phi) is 8.12. The number of rotatable bonds is 7. The standard InChI is InChI=1S/C23H18N2O.C9H8O4/c26-17-22-16-25(18-24-22)23(19-10-4-1-5-11-19,20-12-6-2-7-13-20)21-14-8-3-9-15-21;1-5-2-6(8(10)11)4-7(3-5)9(12)13/h1-18H;2-4H,1H3,(H,10,11)(H,12,13). The molecular weight excluding hydrogens is 492 g/mol. The molecule has 0 atom stereocenters. The first-order valence-corrected chi connectivity index (χ1v) is 12.1. The minimum absolute atomic E-state index is 0.00241. The lowest BCUT2D eigenvalue weighted by atomic mass is 9.77. The van der Waals surface area contributed by atoms with Gasteiger partial charge < -0.3 is 14.8 Å². The van der Waals surface area contributed by atoms with Crippen molar-refractivity contribution in [3.63, 3.8) is 0 Å². The van der Waals surface area contributed by atoms with Crippen LogP contribution < -0.4 is 0 Å². The predicted octanol–water partition coefficient (Wildman–Crippen LogP) is 5.93. The maximum absolute atomic E-state index is 11.3. The summed E-state index contributed by atoms with van der Waals surface area (Å²) in [7, 11) is 0. The van der Waals surface area contributed by atoms with Crippen LogP contribution >= 0.6 is 0 Å². The van der Waals surface area contributed by atoms with Gasteiger partial charge in [0.2, 0.25) is 0 Å². The summed E-state index contributed by atoms with van der Waals surface area (Å²) in [5, 5.41) is 17.2. The quantitative estimate of drug-likeness (QED) is 0.204. The molecule has 0 aliphatic heterocycles. The highest BCUT2D eigenvalue weighted by Gasteiger charge is 2.38. The molecule has 0 amide bonds. The Morgan fingerprint density at radius 1 is 0.718 bits per heavy atom. The van der Waals surface area contributed by atoms with Crippen LogP contribution in [-0.4, -0.2) is 38.0 Å². The van der Waals surface area contributed by atoms with E-state index in [1.165, 1.54) is 12.1 Å². The van der Waals surface area contributed by atoms with Crippen LogP contribution in [-0.2, 0) is 5.54 Å². The van der Waals surface area contributed by atoms with Crippen molar-refractivity contribution in [1.29, 1.82) is 0 Å². The van der Waals surface area contributed by atoms with E-state index in [0.29, 0.717) is 11.3 Å². The smallest absolute Gasteiger partial charge is 0.335 e. The summed E-state index contributed by atoms with van der Waals surface area (Å²) >= 11 is 0. The van der Waals surface area contributed by atoms with Crippen LogP contribution in [0.3, 0.4) is 0 Å². The molecule has 0 radical (unpaired) electrons. The Bertz CT molecular complexity index is 1450. The van der Waals surface area contributed by atoms with Gasteiger partial charge >= 0.3 is 11.9 Å². The Hall–Kier alpha value is -5.30. The molecule has 194 valence electrons. The Balaban J connectivity index is 0.000000229. The van der Waals surface area contributed by atoms with Gasteiger partial charge in [0.05, 0.1) is 17.5 Å². The van der Waals surface area contributed by atoms with Crippen molar-refractivity contribution in [3.8, 4) is 0 Å². The van der Waals surface area contributed by atoms with Gasteiger partial charge in [-0.3, -0.25) is 4.79 Å². The van der Waals surface area contributed by atoms with E-state index in [1.807, 2.05) is 59.2 Å². The van der Waals surface area contributed by atoms with E-state index in [-0.39, 0.29) is 11.1 Å². The van der Waals surface area contributed by atoms with Gasteiger partial charge in [-0.25, -0.2) is 14.6 Å². The summed E-state index contributed by atoms with van der Waals surface area (Å²) in [6.07, 6.45) is 4.32. The number of aromatic carboxylic acids is 2. The zero-order chi connectivity index (χ0) is 27.8. The molecule has 0 fully saturated rings. The van der Waals surface area contributed by atoms with E-state index in [0.717, 1.165) is 29.0 Å². The number of hydrogen-bond donors (Lipinski definition) is 2. The molecule has 5 aromatic rings. The van der Waals surface area contributed by atoms with E-state index in [2.05, 4.69) is 41.4 Å². The van der Waals surface area contributed by atoms with Crippen molar-refractivity contribution in [2.45, 2.75) is 12.5 Å². The van der Waals surface area contributed by atoms with Gasteiger partial charge in [0.1, 0.15) is 11.2 Å². The van der Waals surface area contributed by atoms with E-state index in [1.54, 1.807) is 19.4 Å². The SMILES string of the molecule is Cc1cc(C(=O)O)cc(C(=O)O)c1.O=Cc1cn(C(c2ccccc2)(c2ccccc2)c2ccccc2)cn1. The summed E-state index contributed by atoms with van der Waals surface area (Å²) in [6.45, 7) is 1.65. The van der Waals surface area contributed by atoms with Gasteiger partial charge in [0.15, 0.2) is 6.29 Å². The number of imidazole rings is 1. The fourth-order valence-corrected chi connectivity index (χ4v) is 4.60. The molecule has 39 heavy (non-hydrogen) atoms. The molecule has 0 saturated carbocycles. The van der Waals surface area contributed by atoms with Crippen LogP contribution in [0.2, 0.25) is 0 Å². The summed E-state index contributed by atoms with van der Waals surface area (Å²) in [5.74, 6) is -2.24. The lowest BCUT2D eigenvalue weighted by Crippen LogP contribution is -2.36. The zero-order valence-electron chi connectivity index (χ0n) is 21.1. The second kappa shape index (κ2) is 11.8. The second-order valence-electron chi connectivity index (χ2n) is 8.83. The molecule has 5 rings (SSSR count). The molecule has 0 aliphatic carbocycles. The minimum Gasteiger partial charge on any atom is -0.478 e. The number of aromatic nitrogens is 2. The number of carbonyl (C=O) groups excluding carboxylic acids is 1. The third-order valence-electron chi connectivity index (χ3n) is 6.26. The third-order valence-corrected chi connectivity index (χ3v) is 6.26. The number of carbonyl (C=O) groups is 3. The van der Waals surface area contributed by atoms with Crippen molar-refractivity contribution in [3.05, 3.63) is 161 Å². The van der Waals surface area contributed by atoms with Crippen molar-refractivity contribution in [1.82, 2.24) is 9.55 Å². The number of aldehydes is 1. The number of nitrogens with zero attached hydrogens (tertiary/aromatic N) is 2. The van der Waals surface area contributed by atoms with Crippen LogP contribution in [0.1, 0.15) is 53.5 Å². The van der Waals surface area contributed by atoms with Gasteiger partial charge in [-0.2, -0.15) is 0 Å². The first kappa shape index (κ1) is 26.8. The van der Waals surface area contributed by atoms with Crippen molar-refractivity contribution in [2.24, 2.45) is 0 Å². The number of aryl methyl sites for hydroxylation is 1. The molecule has 4 aromatic carbocycles. The predicted molar refractivity (Wildman–Crippen MR) is 147 cm³/mol. The molecule has 7 nitrogen and oxygen atoms in total. The number of hydrogen-bond acceptors (Lipinski definition) is 4. The highest BCUT2D eigenvalue weighted by molar-refractivity contribution is 5.94. The van der Waals surface area contributed by atoms with Crippen LogP contribution in [0.4, 0.5) is 0 Å². The fraction of sp³-hybridized carbons (Fsp3) is 0.0625. The van der Waals surface area contributed by atoms with Gasteiger partial charge in [-0.1, -0.05) is 91.0 Å². The third kappa shape index (κ3) is 5.67. The number of carboxylic acids is 2. The summed E-state index contributed by atoms with van der Waals surface area (Å²) < 4.78 is 2.02. The molecule has 0 aliphatic rings. The Morgan fingerprint density at radius 3 is 1.46 bits per heavy atom. The Labute approximate surface area is 225 Å². The molecule has 2 N–H and O–H groups in total. The normalized spacial score (nSPS) is 10.7. The highest BCUT2D eigenvalue weighted by atomic mass is 16.4. The second-order valence-corrected chi connectivity index (χ2v) is 8.83. The molecule has 0 saturated heterocycles. The molecule has 0 spiro atoms. The minimum atomic E-state index is -1.12. The number of carboxylic acid groups (broad SMARTS) is 2. The van der Waals surface area contributed by atoms with Crippen LogP contribution in [0.5, 0.6) is 0 Å². The van der Waals surface area contributed by atoms with Crippen molar-refractivity contribution < 1.29 is 24.6 Å². The van der Waals surface area contributed by atoms with Crippen LogP contribution in [0, 0.1) is 6.92 Å². The van der Waals surface area contributed by atoms with E-state index in [9.17, 15) is 14.4 Å². The average Bonchev–Trinajstić information content (AvgIpc) is 3.45. The molecular formula is C32H26N2O5. The molecule has 0 bridgehead atoms. The van der Waals surface area contributed by atoms with Crippen molar-refractivity contribution in [2.75, 3.05) is 0 Å². The maximum Gasteiger partial charge on any atom is 0.335 e. The van der Waals surface area contributed by atoms with Gasteiger partial charge in [0, 0.05) is 6.20 Å². The van der Waals surface area contributed by atoms with Crippen LogP contribution in [0.25, 0.3) is 0 Å². The highest BCUT2D eigenvalue weighted by Crippen LogP contribution is 2.40. The van der Waals surface area contributed by atoms with Gasteiger partial charge in [-0.05, 0) is 47.4 Å². The number of benzene rings is 4. The molecule has 0 unspecified atom stereocenters. The monoisotopic (exact) mass is 518 g/mol. The van der Waals surface area contributed by atoms with E-state index >= 15 is 0 Å². The van der Waals surface area contributed by atoms with E-state index in [4.69, 9.17) is 10.2 Å². The fourth-order valence-electron chi connectivity index (χ4n) is 4.60. The summed E-state index contributed by atoms with van der Waals surface area (Å²) in [6, 6.07) is 34.9. The molecule has 1 heterocycles. The maximum atomic E-state index is 11.3.